The van der Waals surface area contributed by atoms with Gasteiger partial charge in [-0.1, -0.05) is 0 Å². The highest BCUT2D eigenvalue weighted by Gasteiger charge is 2.45. The van der Waals surface area contributed by atoms with E-state index in [-0.39, 0.29) is 54.1 Å². The fourth-order valence-electron chi connectivity index (χ4n) is 3.90. The second kappa shape index (κ2) is 8.40. The number of piperidine rings is 1. The fraction of sp³-hybridized carbons (Fsp3) is 0.429. The Kier molecular flexibility index (Phi) is 5.64. The van der Waals surface area contributed by atoms with E-state index in [9.17, 15) is 28.8 Å². The molecule has 0 bridgehead atoms. The van der Waals surface area contributed by atoms with Gasteiger partial charge in [0.2, 0.25) is 11.8 Å². The van der Waals surface area contributed by atoms with E-state index in [1.807, 2.05) is 0 Å². The van der Waals surface area contributed by atoms with E-state index >= 15 is 0 Å². The van der Waals surface area contributed by atoms with Crippen molar-refractivity contribution in [2.24, 2.45) is 11.8 Å². The molecule has 1 saturated carbocycles. The third kappa shape index (κ3) is 4.05. The quantitative estimate of drug-likeness (QED) is 0.419. The van der Waals surface area contributed by atoms with Crippen LogP contribution < -0.4 is 15.4 Å². The van der Waals surface area contributed by atoms with Crippen LogP contribution in [0.4, 0.5) is 0 Å². The van der Waals surface area contributed by atoms with Gasteiger partial charge >= 0.3 is 5.97 Å². The molecule has 4 rings (SSSR count). The molecular formula is C21H21N3O8. The van der Waals surface area contributed by atoms with Gasteiger partial charge in [0.25, 0.3) is 17.7 Å². The molecule has 1 saturated heterocycles. The molecule has 2 aliphatic heterocycles. The lowest BCUT2D eigenvalue weighted by atomic mass is 10.0. The maximum Gasteiger partial charge on any atom is 0.309 e. The van der Waals surface area contributed by atoms with Gasteiger partial charge in [0.05, 0.1) is 24.2 Å². The molecule has 2 N–H and O–H groups in total. The van der Waals surface area contributed by atoms with E-state index < -0.39 is 35.6 Å². The largest absolute Gasteiger partial charge is 0.484 e. The lowest BCUT2D eigenvalue weighted by molar-refractivity contribution is -0.142. The second-order valence-electron chi connectivity index (χ2n) is 7.87. The first-order valence-corrected chi connectivity index (χ1v) is 10.1. The average Bonchev–Trinajstić information content (AvgIpc) is 3.52. The number of hydrogen-bond donors (Lipinski definition) is 2. The highest BCUT2D eigenvalue weighted by molar-refractivity contribution is 6.23. The number of nitrogens with zero attached hydrogens (tertiary/aromatic N) is 1. The highest BCUT2D eigenvalue weighted by Crippen LogP contribution is 2.38. The van der Waals surface area contributed by atoms with E-state index in [1.165, 1.54) is 25.3 Å². The number of rotatable bonds is 7. The Morgan fingerprint density at radius 3 is 2.62 bits per heavy atom. The molecule has 3 atom stereocenters. The third-order valence-corrected chi connectivity index (χ3v) is 5.77. The summed E-state index contributed by atoms with van der Waals surface area (Å²) in [5.41, 5.74) is 0.190. The summed E-state index contributed by atoms with van der Waals surface area (Å²) in [7, 11) is 1.32. The summed E-state index contributed by atoms with van der Waals surface area (Å²) in [5.74, 6) is -3.01. The van der Waals surface area contributed by atoms with Crippen LogP contribution in [0.5, 0.6) is 5.75 Å². The molecule has 1 aromatic carbocycles. The molecule has 5 amide bonds. The zero-order valence-electron chi connectivity index (χ0n) is 17.2. The Bertz CT molecular complexity index is 1040. The zero-order chi connectivity index (χ0) is 23.0. The molecule has 3 aliphatic rings. The van der Waals surface area contributed by atoms with Crippen LogP contribution in [-0.2, 0) is 23.9 Å². The highest BCUT2D eigenvalue weighted by atomic mass is 16.5. The Balaban J connectivity index is 1.34. The van der Waals surface area contributed by atoms with Gasteiger partial charge in [-0.25, -0.2) is 0 Å². The number of benzene rings is 1. The first-order chi connectivity index (χ1) is 15.3. The molecule has 1 aromatic rings. The zero-order valence-corrected chi connectivity index (χ0v) is 17.2. The van der Waals surface area contributed by atoms with Crippen molar-refractivity contribution in [2.75, 3.05) is 20.3 Å². The molecule has 0 spiro atoms. The van der Waals surface area contributed by atoms with Crippen molar-refractivity contribution in [1.82, 2.24) is 15.5 Å². The molecular weight excluding hydrogens is 422 g/mol. The topological polar surface area (TPSA) is 148 Å². The van der Waals surface area contributed by atoms with Crippen LogP contribution in [0.2, 0.25) is 0 Å². The van der Waals surface area contributed by atoms with Crippen molar-refractivity contribution in [3.63, 3.8) is 0 Å². The van der Waals surface area contributed by atoms with Crippen LogP contribution in [0.3, 0.4) is 0 Å². The van der Waals surface area contributed by atoms with Crippen molar-refractivity contribution in [2.45, 2.75) is 25.3 Å². The van der Waals surface area contributed by atoms with Gasteiger partial charge in [-0.2, -0.15) is 0 Å². The predicted octanol–water partition coefficient (Wildman–Crippen LogP) is -0.608. The molecule has 2 fully saturated rings. The van der Waals surface area contributed by atoms with Crippen molar-refractivity contribution < 1.29 is 38.2 Å². The Morgan fingerprint density at radius 1 is 1.16 bits per heavy atom. The number of imide groups is 2. The minimum atomic E-state index is -1.05. The maximum absolute atomic E-state index is 12.8. The van der Waals surface area contributed by atoms with E-state index in [0.717, 1.165) is 4.90 Å². The molecule has 0 aromatic heterocycles. The number of amides is 5. The van der Waals surface area contributed by atoms with Crippen LogP contribution in [0.1, 0.15) is 40.0 Å². The molecule has 0 radical (unpaired) electrons. The third-order valence-electron chi connectivity index (χ3n) is 5.77. The molecule has 168 valence electrons. The van der Waals surface area contributed by atoms with Gasteiger partial charge in [-0.05, 0) is 37.0 Å². The first kappa shape index (κ1) is 21.5. The molecule has 11 heteroatoms. The lowest BCUT2D eigenvalue weighted by Gasteiger charge is -2.27. The second-order valence-corrected chi connectivity index (χ2v) is 7.87. The number of esters is 1. The monoisotopic (exact) mass is 443 g/mol. The van der Waals surface area contributed by atoms with Gasteiger partial charge in [-0.3, -0.25) is 39.0 Å². The SMILES string of the molecule is COC(=O)C1CC1CNC(=O)COc1ccc2c(c1)C(=O)N(C1CCC(=O)NC1=O)C2=O. The summed E-state index contributed by atoms with van der Waals surface area (Å²) >= 11 is 0. The molecule has 2 heterocycles. The van der Waals surface area contributed by atoms with Crippen LogP contribution in [-0.4, -0.2) is 66.7 Å². The lowest BCUT2D eigenvalue weighted by Crippen LogP contribution is -2.54. The Labute approximate surface area is 182 Å². The van der Waals surface area contributed by atoms with E-state index in [4.69, 9.17) is 4.74 Å². The number of carbonyl (C=O) groups excluding carboxylic acids is 6. The normalized spacial score (nSPS) is 24.0. The summed E-state index contributed by atoms with van der Waals surface area (Å²) in [5, 5.41) is 4.81. The van der Waals surface area contributed by atoms with Crippen molar-refractivity contribution in [3.05, 3.63) is 29.3 Å². The number of fused-ring (bicyclic) bond motifs is 1. The van der Waals surface area contributed by atoms with E-state index in [0.29, 0.717) is 13.0 Å². The van der Waals surface area contributed by atoms with Crippen molar-refractivity contribution >= 4 is 35.5 Å². The Morgan fingerprint density at radius 2 is 1.91 bits per heavy atom. The van der Waals surface area contributed by atoms with Crippen molar-refractivity contribution in [3.8, 4) is 5.75 Å². The number of methoxy groups -OCH3 is 1. The number of carbonyl (C=O) groups is 6. The van der Waals surface area contributed by atoms with E-state index in [2.05, 4.69) is 15.4 Å². The van der Waals surface area contributed by atoms with Gasteiger partial charge in [0.1, 0.15) is 11.8 Å². The molecule has 3 unspecified atom stereocenters. The number of ether oxygens (including phenoxy) is 2. The summed E-state index contributed by atoms with van der Waals surface area (Å²) in [6, 6.07) is 3.16. The average molecular weight is 443 g/mol. The van der Waals surface area contributed by atoms with Crippen molar-refractivity contribution in [1.29, 1.82) is 0 Å². The maximum atomic E-state index is 12.8. The minimum Gasteiger partial charge on any atom is -0.484 e. The standard InChI is InChI=1S/C21H21N3O8/c1-31-21(30)13-6-10(13)8-22-17(26)9-32-11-2-3-12-14(7-11)20(29)24(19(12)28)15-4-5-16(25)23-18(15)27/h2-3,7,10,13,15H,4-6,8-9H2,1H3,(H,22,26)(H,23,25,27). The molecule has 32 heavy (non-hydrogen) atoms. The first-order valence-electron chi connectivity index (χ1n) is 10.1. The number of hydrogen-bond acceptors (Lipinski definition) is 8. The summed E-state index contributed by atoms with van der Waals surface area (Å²) in [6.45, 7) is 0.0213. The minimum absolute atomic E-state index is 0.0362. The molecule has 1 aliphatic carbocycles. The van der Waals surface area contributed by atoms with Crippen LogP contribution in [0.15, 0.2) is 18.2 Å². The summed E-state index contributed by atoms with van der Waals surface area (Å²) in [4.78, 5) is 73.1. The van der Waals surface area contributed by atoms with Crippen LogP contribution >= 0.6 is 0 Å². The van der Waals surface area contributed by atoms with Gasteiger partial charge in [0, 0.05) is 13.0 Å². The molecule has 11 nitrogen and oxygen atoms in total. The predicted molar refractivity (Wildman–Crippen MR) is 105 cm³/mol. The Hall–Kier alpha value is -3.76. The fourth-order valence-corrected chi connectivity index (χ4v) is 3.90. The van der Waals surface area contributed by atoms with Crippen LogP contribution in [0, 0.1) is 11.8 Å². The number of nitrogens with one attached hydrogen (secondary N) is 2. The van der Waals surface area contributed by atoms with Gasteiger partial charge < -0.3 is 14.8 Å². The van der Waals surface area contributed by atoms with Gasteiger partial charge in [-0.15, -0.1) is 0 Å². The smallest absolute Gasteiger partial charge is 0.309 e. The van der Waals surface area contributed by atoms with Crippen LogP contribution in [0.25, 0.3) is 0 Å². The van der Waals surface area contributed by atoms with E-state index in [1.54, 1.807) is 0 Å². The van der Waals surface area contributed by atoms with Gasteiger partial charge in [0.15, 0.2) is 6.61 Å². The summed E-state index contributed by atoms with van der Waals surface area (Å²) in [6.07, 6.45) is 0.768. The summed E-state index contributed by atoms with van der Waals surface area (Å²) < 4.78 is 10.1.